The zero-order chi connectivity index (χ0) is 15.1. The van der Waals surface area contributed by atoms with E-state index in [0.29, 0.717) is 6.04 Å². The van der Waals surface area contributed by atoms with Crippen molar-refractivity contribution in [1.82, 2.24) is 10.2 Å². The number of hydrogen-bond acceptors (Lipinski definition) is 3. The van der Waals surface area contributed by atoms with Crippen LogP contribution in [0.4, 0.5) is 4.39 Å². The third kappa shape index (κ3) is 5.06. The van der Waals surface area contributed by atoms with Gasteiger partial charge in [-0.3, -0.25) is 4.90 Å². The summed E-state index contributed by atoms with van der Waals surface area (Å²) in [5.41, 5.74) is 0.772. The normalized spacial score (nSPS) is 16.4. The summed E-state index contributed by atoms with van der Waals surface area (Å²) < 4.78 is 19.3. The van der Waals surface area contributed by atoms with Gasteiger partial charge in [-0.1, -0.05) is 25.1 Å². The monoisotopic (exact) mass is 294 g/mol. The molecule has 0 aromatic heterocycles. The SMILES string of the molecule is CCCNC(CN(CCOC)C1CC1)c1ccccc1F. The Bertz CT molecular complexity index is 423. The van der Waals surface area contributed by atoms with Gasteiger partial charge in [0.1, 0.15) is 5.82 Å². The Balaban J connectivity index is 2.05. The molecular formula is C17H27FN2O. The molecule has 0 bridgehead atoms. The van der Waals surface area contributed by atoms with E-state index in [1.54, 1.807) is 19.2 Å². The molecule has 1 aliphatic rings. The van der Waals surface area contributed by atoms with Crippen molar-refractivity contribution in [3.8, 4) is 0 Å². The third-order valence-electron chi connectivity index (χ3n) is 3.98. The third-order valence-corrected chi connectivity index (χ3v) is 3.98. The van der Waals surface area contributed by atoms with E-state index in [9.17, 15) is 4.39 Å². The second-order valence-electron chi connectivity index (χ2n) is 5.75. The number of halogens is 1. The van der Waals surface area contributed by atoms with Gasteiger partial charge in [0, 0.05) is 37.8 Å². The first-order valence-electron chi connectivity index (χ1n) is 7.97. The highest BCUT2D eigenvalue weighted by Gasteiger charge is 2.31. The van der Waals surface area contributed by atoms with Gasteiger partial charge >= 0.3 is 0 Å². The Labute approximate surface area is 127 Å². The molecule has 0 spiro atoms. The maximum absolute atomic E-state index is 14.1. The van der Waals surface area contributed by atoms with E-state index < -0.39 is 0 Å². The molecule has 3 nitrogen and oxygen atoms in total. The molecule has 1 aromatic rings. The van der Waals surface area contributed by atoms with Crippen LogP contribution >= 0.6 is 0 Å². The molecule has 0 heterocycles. The Morgan fingerprint density at radius 3 is 2.76 bits per heavy atom. The van der Waals surface area contributed by atoms with Crippen molar-refractivity contribution < 1.29 is 9.13 Å². The molecule has 118 valence electrons. The van der Waals surface area contributed by atoms with Crippen LogP contribution in [0.1, 0.15) is 37.8 Å². The summed E-state index contributed by atoms with van der Waals surface area (Å²) in [5.74, 6) is -0.117. The molecule has 21 heavy (non-hydrogen) atoms. The lowest BCUT2D eigenvalue weighted by atomic mass is 10.1. The summed E-state index contributed by atoms with van der Waals surface area (Å²) in [5, 5.41) is 3.49. The second kappa shape index (κ2) is 8.47. The van der Waals surface area contributed by atoms with Crippen LogP contribution in [0.15, 0.2) is 24.3 Å². The van der Waals surface area contributed by atoms with E-state index in [4.69, 9.17) is 4.74 Å². The van der Waals surface area contributed by atoms with Crippen molar-refractivity contribution in [3.63, 3.8) is 0 Å². The largest absolute Gasteiger partial charge is 0.383 e. The van der Waals surface area contributed by atoms with Crippen molar-refractivity contribution in [2.45, 2.75) is 38.3 Å². The van der Waals surface area contributed by atoms with Crippen LogP contribution in [0, 0.1) is 5.82 Å². The maximum Gasteiger partial charge on any atom is 0.128 e. The highest BCUT2D eigenvalue weighted by atomic mass is 19.1. The van der Waals surface area contributed by atoms with Gasteiger partial charge in [0.15, 0.2) is 0 Å². The van der Waals surface area contributed by atoms with Crippen molar-refractivity contribution in [2.75, 3.05) is 33.4 Å². The summed E-state index contributed by atoms with van der Waals surface area (Å²) in [6, 6.07) is 7.80. The van der Waals surface area contributed by atoms with E-state index in [1.165, 1.54) is 12.8 Å². The van der Waals surface area contributed by atoms with Gasteiger partial charge in [0.25, 0.3) is 0 Å². The van der Waals surface area contributed by atoms with Gasteiger partial charge in [-0.25, -0.2) is 4.39 Å². The Morgan fingerprint density at radius 2 is 2.14 bits per heavy atom. The fraction of sp³-hybridized carbons (Fsp3) is 0.647. The predicted molar refractivity (Wildman–Crippen MR) is 83.9 cm³/mol. The van der Waals surface area contributed by atoms with Crippen LogP contribution in [0.25, 0.3) is 0 Å². The van der Waals surface area contributed by atoms with E-state index in [1.807, 2.05) is 12.1 Å². The average Bonchev–Trinajstić information content (AvgIpc) is 3.32. The molecular weight excluding hydrogens is 267 g/mol. The molecule has 4 heteroatoms. The highest BCUT2D eigenvalue weighted by molar-refractivity contribution is 5.21. The van der Waals surface area contributed by atoms with Crippen LogP contribution in [-0.4, -0.2) is 44.3 Å². The van der Waals surface area contributed by atoms with Crippen molar-refractivity contribution in [1.29, 1.82) is 0 Å². The number of ether oxygens (including phenoxy) is 1. The maximum atomic E-state index is 14.1. The smallest absolute Gasteiger partial charge is 0.128 e. The summed E-state index contributed by atoms with van der Waals surface area (Å²) in [6.07, 6.45) is 3.55. The van der Waals surface area contributed by atoms with Gasteiger partial charge < -0.3 is 10.1 Å². The molecule has 2 rings (SSSR count). The van der Waals surface area contributed by atoms with E-state index in [-0.39, 0.29) is 11.9 Å². The Kier molecular flexibility index (Phi) is 6.61. The van der Waals surface area contributed by atoms with Gasteiger partial charge in [-0.15, -0.1) is 0 Å². The number of nitrogens with one attached hydrogen (secondary N) is 1. The van der Waals surface area contributed by atoms with Crippen LogP contribution in [0.5, 0.6) is 0 Å². The van der Waals surface area contributed by atoms with Crippen LogP contribution in [0.3, 0.4) is 0 Å². The minimum atomic E-state index is -0.117. The van der Waals surface area contributed by atoms with Crippen LogP contribution in [-0.2, 0) is 4.74 Å². The molecule has 1 unspecified atom stereocenters. The first kappa shape index (κ1) is 16.4. The molecule has 1 atom stereocenters. The van der Waals surface area contributed by atoms with E-state index >= 15 is 0 Å². The number of methoxy groups -OCH3 is 1. The van der Waals surface area contributed by atoms with Crippen molar-refractivity contribution in [2.24, 2.45) is 0 Å². The number of nitrogens with zero attached hydrogens (tertiary/aromatic N) is 1. The van der Waals surface area contributed by atoms with E-state index in [2.05, 4.69) is 17.1 Å². The summed E-state index contributed by atoms with van der Waals surface area (Å²) in [4.78, 5) is 2.43. The molecule has 0 saturated heterocycles. The first-order valence-corrected chi connectivity index (χ1v) is 7.97. The molecule has 1 saturated carbocycles. The zero-order valence-corrected chi connectivity index (χ0v) is 13.1. The van der Waals surface area contributed by atoms with E-state index in [0.717, 1.165) is 38.2 Å². The molecule has 1 aliphatic carbocycles. The molecule has 1 fully saturated rings. The molecule has 1 N–H and O–H groups in total. The second-order valence-corrected chi connectivity index (χ2v) is 5.75. The lowest BCUT2D eigenvalue weighted by Gasteiger charge is -2.28. The van der Waals surface area contributed by atoms with Gasteiger partial charge in [-0.05, 0) is 31.9 Å². The predicted octanol–water partition coefficient (Wildman–Crippen LogP) is 2.98. The topological polar surface area (TPSA) is 24.5 Å². The molecule has 0 radical (unpaired) electrons. The lowest BCUT2D eigenvalue weighted by Crippen LogP contribution is -2.39. The highest BCUT2D eigenvalue weighted by Crippen LogP contribution is 2.29. The van der Waals surface area contributed by atoms with Crippen LogP contribution in [0.2, 0.25) is 0 Å². The molecule has 0 amide bonds. The van der Waals surface area contributed by atoms with Gasteiger partial charge in [-0.2, -0.15) is 0 Å². The number of rotatable bonds is 10. The Hall–Kier alpha value is -0.970. The lowest BCUT2D eigenvalue weighted by molar-refractivity contribution is 0.135. The van der Waals surface area contributed by atoms with Gasteiger partial charge in [0.2, 0.25) is 0 Å². The molecule has 0 aliphatic heterocycles. The van der Waals surface area contributed by atoms with Crippen molar-refractivity contribution in [3.05, 3.63) is 35.6 Å². The van der Waals surface area contributed by atoms with Crippen molar-refractivity contribution >= 4 is 0 Å². The quantitative estimate of drug-likeness (QED) is 0.718. The minimum Gasteiger partial charge on any atom is -0.383 e. The first-order chi connectivity index (χ1) is 10.3. The summed E-state index contributed by atoms with van der Waals surface area (Å²) in [7, 11) is 1.73. The summed E-state index contributed by atoms with van der Waals surface area (Å²) >= 11 is 0. The number of hydrogen-bond donors (Lipinski definition) is 1. The molecule has 1 aromatic carbocycles. The fourth-order valence-corrected chi connectivity index (χ4v) is 2.65. The van der Waals surface area contributed by atoms with Gasteiger partial charge in [0.05, 0.1) is 6.61 Å². The fourth-order valence-electron chi connectivity index (χ4n) is 2.65. The zero-order valence-electron chi connectivity index (χ0n) is 13.1. The average molecular weight is 294 g/mol. The van der Waals surface area contributed by atoms with Crippen LogP contribution < -0.4 is 5.32 Å². The standard InChI is InChI=1S/C17H27FN2O/c1-3-10-19-17(15-6-4-5-7-16(15)18)13-20(11-12-21-2)14-8-9-14/h4-7,14,17,19H,3,8-13H2,1-2H3. The summed E-state index contributed by atoms with van der Waals surface area (Å²) in [6.45, 7) is 5.53. The number of benzene rings is 1. The minimum absolute atomic E-state index is 0.0450. The Morgan fingerprint density at radius 1 is 1.38 bits per heavy atom.